The van der Waals surface area contributed by atoms with Gasteiger partial charge in [-0.05, 0) is 42.0 Å². The molecule has 164 valence electrons. The first-order valence-electron chi connectivity index (χ1n) is 10.8. The predicted octanol–water partition coefficient (Wildman–Crippen LogP) is 3.20. The average Bonchev–Trinajstić information content (AvgIpc) is 2.85. The molecule has 1 aliphatic heterocycles. The summed E-state index contributed by atoms with van der Waals surface area (Å²) in [6.07, 6.45) is 2.90. The Kier molecular flexibility index (Phi) is 7.28. The van der Waals surface area contributed by atoms with E-state index in [2.05, 4.69) is 40.2 Å². The minimum absolute atomic E-state index is 0.0552. The van der Waals surface area contributed by atoms with Crippen molar-refractivity contribution in [3.8, 4) is 23.1 Å². The average molecular weight is 431 g/mol. The molecule has 4 rings (SSSR count). The number of morpholine rings is 1. The second-order valence-corrected chi connectivity index (χ2v) is 7.55. The van der Waals surface area contributed by atoms with Gasteiger partial charge < -0.3 is 19.5 Å². The van der Waals surface area contributed by atoms with Gasteiger partial charge in [0.05, 0.1) is 31.1 Å². The lowest BCUT2D eigenvalue weighted by atomic mass is 10.1. The van der Waals surface area contributed by atoms with Crippen molar-refractivity contribution in [3.05, 3.63) is 71.7 Å². The van der Waals surface area contributed by atoms with Gasteiger partial charge in [-0.15, -0.1) is 0 Å². The summed E-state index contributed by atoms with van der Waals surface area (Å²) < 4.78 is 11.0. The number of aliphatic hydroxyl groups excluding tert-OH is 1. The van der Waals surface area contributed by atoms with Crippen LogP contribution in [0.25, 0.3) is 11.3 Å². The quantitative estimate of drug-likeness (QED) is 0.549. The molecule has 1 saturated heterocycles. The van der Waals surface area contributed by atoms with E-state index >= 15 is 0 Å². The van der Waals surface area contributed by atoms with E-state index in [9.17, 15) is 5.26 Å². The molecule has 7 nitrogen and oxygen atoms in total. The van der Waals surface area contributed by atoms with E-state index in [0.717, 1.165) is 48.9 Å². The highest BCUT2D eigenvalue weighted by atomic mass is 16.5. The fourth-order valence-electron chi connectivity index (χ4n) is 3.62. The van der Waals surface area contributed by atoms with E-state index in [4.69, 9.17) is 19.6 Å². The molecule has 0 spiro atoms. The summed E-state index contributed by atoms with van der Waals surface area (Å²) in [4.78, 5) is 11.5. The first kappa shape index (κ1) is 21.8. The van der Waals surface area contributed by atoms with Gasteiger partial charge in [-0.3, -0.25) is 0 Å². The molecule has 1 N–H and O–H groups in total. The number of ether oxygens (including phenoxy) is 2. The predicted molar refractivity (Wildman–Crippen MR) is 122 cm³/mol. The fraction of sp³-hybridized carbons (Fsp3) is 0.320. The van der Waals surface area contributed by atoms with E-state index < -0.39 is 0 Å². The molecule has 0 unspecified atom stereocenters. The molecule has 7 heteroatoms. The molecule has 1 fully saturated rings. The summed E-state index contributed by atoms with van der Waals surface area (Å²) in [6, 6.07) is 18.0. The van der Waals surface area contributed by atoms with E-state index in [1.165, 1.54) is 5.69 Å². The van der Waals surface area contributed by atoms with Crippen LogP contribution in [-0.2, 0) is 11.2 Å². The van der Waals surface area contributed by atoms with Gasteiger partial charge in [-0.1, -0.05) is 12.1 Å². The van der Waals surface area contributed by atoms with E-state index in [1.54, 1.807) is 18.3 Å². The third-order valence-corrected chi connectivity index (χ3v) is 5.34. The smallest absolute Gasteiger partial charge is 0.137 e. The van der Waals surface area contributed by atoms with Gasteiger partial charge in [0.2, 0.25) is 0 Å². The number of anilines is 1. The molecule has 0 atom stereocenters. The summed E-state index contributed by atoms with van der Waals surface area (Å²) in [5.74, 6) is 1.24. The minimum atomic E-state index is 0.0552. The Hall–Kier alpha value is -3.47. The van der Waals surface area contributed by atoms with Crippen molar-refractivity contribution in [2.45, 2.75) is 12.8 Å². The molecular weight excluding hydrogens is 404 g/mol. The molecule has 2 heterocycles. The summed E-state index contributed by atoms with van der Waals surface area (Å²) in [5.41, 5.74) is 4.39. The third kappa shape index (κ3) is 5.41. The molecule has 1 aromatic heterocycles. The number of nitriles is 1. The minimum Gasteiger partial charge on any atom is -0.492 e. The fourth-order valence-corrected chi connectivity index (χ4v) is 3.62. The highest BCUT2D eigenvalue weighted by Crippen LogP contribution is 2.26. The Labute approximate surface area is 187 Å². The summed E-state index contributed by atoms with van der Waals surface area (Å²) in [5, 5.41) is 18.4. The zero-order valence-corrected chi connectivity index (χ0v) is 17.9. The number of aliphatic hydroxyl groups is 1. The van der Waals surface area contributed by atoms with Crippen LogP contribution in [0.5, 0.6) is 5.75 Å². The number of rotatable bonds is 8. The van der Waals surface area contributed by atoms with Crippen molar-refractivity contribution in [2.24, 2.45) is 0 Å². The maximum Gasteiger partial charge on any atom is 0.137 e. The van der Waals surface area contributed by atoms with Gasteiger partial charge in [0, 0.05) is 50.0 Å². The summed E-state index contributed by atoms with van der Waals surface area (Å²) in [6.45, 7) is 3.80. The van der Waals surface area contributed by atoms with Crippen LogP contribution in [0.15, 0.2) is 54.7 Å². The van der Waals surface area contributed by atoms with Crippen LogP contribution in [0.4, 0.5) is 5.69 Å². The Bertz CT molecular complexity index is 1070. The highest BCUT2D eigenvalue weighted by molar-refractivity contribution is 5.64. The van der Waals surface area contributed by atoms with Gasteiger partial charge in [0.15, 0.2) is 0 Å². The van der Waals surface area contributed by atoms with E-state index in [1.807, 2.05) is 12.1 Å². The molecule has 0 saturated carbocycles. The Morgan fingerprint density at radius 1 is 1.09 bits per heavy atom. The Balaban J connectivity index is 1.47. The third-order valence-electron chi connectivity index (χ3n) is 5.34. The molecule has 2 aromatic carbocycles. The molecule has 32 heavy (non-hydrogen) atoms. The molecule has 0 radical (unpaired) electrons. The Morgan fingerprint density at radius 3 is 2.66 bits per heavy atom. The van der Waals surface area contributed by atoms with Gasteiger partial charge in [0.25, 0.3) is 0 Å². The van der Waals surface area contributed by atoms with Gasteiger partial charge >= 0.3 is 0 Å². The van der Waals surface area contributed by atoms with Crippen molar-refractivity contribution >= 4 is 5.69 Å². The molecule has 0 bridgehead atoms. The molecular formula is C25H26N4O3. The van der Waals surface area contributed by atoms with Crippen molar-refractivity contribution < 1.29 is 14.6 Å². The molecule has 0 aliphatic carbocycles. The normalized spacial score (nSPS) is 13.6. The Morgan fingerprint density at radius 2 is 1.91 bits per heavy atom. The van der Waals surface area contributed by atoms with Gasteiger partial charge in [-0.25, -0.2) is 9.97 Å². The van der Waals surface area contributed by atoms with Gasteiger partial charge in [-0.2, -0.15) is 5.26 Å². The summed E-state index contributed by atoms with van der Waals surface area (Å²) in [7, 11) is 0. The second-order valence-electron chi connectivity index (χ2n) is 7.55. The van der Waals surface area contributed by atoms with Crippen molar-refractivity contribution in [1.82, 2.24) is 9.97 Å². The van der Waals surface area contributed by atoms with E-state index in [0.29, 0.717) is 30.8 Å². The number of benzene rings is 2. The maximum atomic E-state index is 9.49. The SMILES string of the molecule is N#Cc1cc(-c2ccnc(Cc3ccc(N4CCOCC4)cc3)n2)ccc1OCCCO. The number of nitrogens with zero attached hydrogens (tertiary/aromatic N) is 4. The van der Waals surface area contributed by atoms with Crippen LogP contribution >= 0.6 is 0 Å². The van der Waals surface area contributed by atoms with Crippen LogP contribution < -0.4 is 9.64 Å². The van der Waals surface area contributed by atoms with Crippen LogP contribution in [-0.4, -0.2) is 54.6 Å². The van der Waals surface area contributed by atoms with Crippen molar-refractivity contribution in [2.75, 3.05) is 44.4 Å². The second kappa shape index (κ2) is 10.7. The standard InChI is InChI=1S/C25H26N4O3/c26-18-21-17-20(4-7-24(21)32-13-1-12-30)23-8-9-27-25(28-23)16-19-2-5-22(6-3-19)29-10-14-31-15-11-29/h2-9,17,30H,1,10-16H2. The van der Waals surface area contributed by atoms with Gasteiger partial charge in [0.1, 0.15) is 17.6 Å². The number of aromatic nitrogens is 2. The lowest BCUT2D eigenvalue weighted by Gasteiger charge is -2.28. The highest BCUT2D eigenvalue weighted by Gasteiger charge is 2.12. The topological polar surface area (TPSA) is 91.5 Å². The summed E-state index contributed by atoms with van der Waals surface area (Å²) >= 11 is 0. The molecule has 1 aliphatic rings. The van der Waals surface area contributed by atoms with E-state index in [-0.39, 0.29) is 6.61 Å². The van der Waals surface area contributed by atoms with Crippen molar-refractivity contribution in [1.29, 1.82) is 5.26 Å². The number of hydrogen-bond donors (Lipinski definition) is 1. The van der Waals surface area contributed by atoms with Crippen LogP contribution in [0.3, 0.4) is 0 Å². The largest absolute Gasteiger partial charge is 0.492 e. The van der Waals surface area contributed by atoms with Crippen LogP contribution in [0, 0.1) is 11.3 Å². The zero-order valence-electron chi connectivity index (χ0n) is 17.9. The number of hydrogen-bond acceptors (Lipinski definition) is 7. The van der Waals surface area contributed by atoms with Crippen LogP contribution in [0.2, 0.25) is 0 Å². The van der Waals surface area contributed by atoms with Crippen LogP contribution in [0.1, 0.15) is 23.4 Å². The molecule has 0 amide bonds. The molecule has 3 aromatic rings. The zero-order chi connectivity index (χ0) is 22.2. The van der Waals surface area contributed by atoms with Crippen molar-refractivity contribution in [3.63, 3.8) is 0 Å². The maximum absolute atomic E-state index is 9.49. The lowest BCUT2D eigenvalue weighted by molar-refractivity contribution is 0.122. The first-order valence-corrected chi connectivity index (χ1v) is 10.8. The first-order chi connectivity index (χ1) is 15.8. The lowest BCUT2D eigenvalue weighted by Crippen LogP contribution is -2.36. The monoisotopic (exact) mass is 430 g/mol.